The molecule has 0 radical (unpaired) electrons. The Morgan fingerprint density at radius 1 is 1.18 bits per heavy atom. The number of nitrogens with one attached hydrogen (secondary N) is 1. The number of ether oxygens (including phenoxy) is 1. The number of rotatable bonds is 5. The number of likely N-dealkylation sites (tertiary alicyclic amines) is 1. The van der Waals surface area contributed by atoms with Crippen molar-refractivity contribution in [3.8, 4) is 11.1 Å². The summed E-state index contributed by atoms with van der Waals surface area (Å²) in [5.41, 5.74) is 2.23. The molecule has 0 unspecified atom stereocenters. The summed E-state index contributed by atoms with van der Waals surface area (Å²) in [6.45, 7) is 7.78. The number of carbonyl (C=O) groups excluding carboxylic acids is 1. The van der Waals surface area contributed by atoms with Gasteiger partial charge in [0.2, 0.25) is 0 Å². The summed E-state index contributed by atoms with van der Waals surface area (Å²) >= 11 is 1.57. The lowest BCUT2D eigenvalue weighted by Crippen LogP contribution is -2.42. The molecule has 4 rings (SSSR count). The Hall–Kier alpha value is -2.72. The number of amides is 1. The van der Waals surface area contributed by atoms with Crippen molar-refractivity contribution >= 4 is 43.3 Å². The van der Waals surface area contributed by atoms with Crippen LogP contribution < -0.4 is 5.32 Å². The fraction of sp³-hybridized carbons (Fsp3) is 0.458. The van der Waals surface area contributed by atoms with Gasteiger partial charge >= 0.3 is 6.09 Å². The fourth-order valence-corrected chi connectivity index (χ4v) is 5.58. The van der Waals surface area contributed by atoms with E-state index in [2.05, 4.69) is 15.3 Å². The first-order valence-electron chi connectivity index (χ1n) is 11.3. The Kier molecular flexibility index (Phi) is 6.82. The number of hydrogen-bond donors (Lipinski definition) is 1. The van der Waals surface area contributed by atoms with Gasteiger partial charge in [-0.15, -0.1) is 11.3 Å². The van der Waals surface area contributed by atoms with Crippen LogP contribution in [0.25, 0.3) is 21.3 Å². The first-order valence-corrected chi connectivity index (χ1v) is 14.0. The van der Waals surface area contributed by atoms with Gasteiger partial charge in [-0.2, -0.15) is 0 Å². The summed E-state index contributed by atoms with van der Waals surface area (Å²) in [5.74, 6) is 1.23. The molecule has 8 nitrogen and oxygen atoms in total. The highest BCUT2D eigenvalue weighted by atomic mass is 32.2. The zero-order chi connectivity index (χ0) is 24.5. The molecule has 1 saturated heterocycles. The fourth-order valence-electron chi connectivity index (χ4n) is 3.95. The first-order chi connectivity index (χ1) is 16.0. The molecule has 3 heterocycles. The second kappa shape index (κ2) is 9.50. The van der Waals surface area contributed by atoms with Crippen molar-refractivity contribution in [3.05, 3.63) is 36.0 Å². The molecule has 3 aromatic rings. The predicted octanol–water partition coefficient (Wildman–Crippen LogP) is 4.82. The van der Waals surface area contributed by atoms with Crippen molar-refractivity contribution in [1.29, 1.82) is 0 Å². The van der Waals surface area contributed by atoms with Gasteiger partial charge in [-0.3, -0.25) is 0 Å². The standard InChI is InChI=1S/C24H30N4O4S2/c1-24(2,3)32-23(29)28-11-9-16(10-12-28)13-25-22-21-20(26-15-27-22)19(14-33-21)17-5-7-18(8-6-17)34(4,30)31/h5-8,14-16H,9-13H2,1-4H3,(H,25,26,27). The summed E-state index contributed by atoms with van der Waals surface area (Å²) in [5, 5.41) is 5.51. The summed E-state index contributed by atoms with van der Waals surface area (Å²) < 4.78 is 29.9. The second-order valence-electron chi connectivity index (χ2n) is 9.64. The number of sulfone groups is 1. The van der Waals surface area contributed by atoms with Gasteiger partial charge in [0, 0.05) is 36.8 Å². The molecule has 1 aromatic carbocycles. The van der Waals surface area contributed by atoms with E-state index in [1.165, 1.54) is 6.26 Å². The molecule has 182 valence electrons. The zero-order valence-electron chi connectivity index (χ0n) is 19.9. The third-order valence-corrected chi connectivity index (χ3v) is 7.88. The van der Waals surface area contributed by atoms with E-state index in [0.29, 0.717) is 23.9 Å². The average molecular weight is 503 g/mol. The topological polar surface area (TPSA) is 101 Å². The van der Waals surface area contributed by atoms with E-state index in [4.69, 9.17) is 4.74 Å². The lowest BCUT2D eigenvalue weighted by Gasteiger charge is -2.33. The van der Waals surface area contributed by atoms with Crippen molar-refractivity contribution in [1.82, 2.24) is 14.9 Å². The van der Waals surface area contributed by atoms with Crippen LogP contribution in [0.2, 0.25) is 0 Å². The third kappa shape index (κ3) is 5.67. The van der Waals surface area contributed by atoms with E-state index < -0.39 is 15.4 Å². The number of benzene rings is 1. The van der Waals surface area contributed by atoms with Crippen molar-refractivity contribution in [2.75, 3.05) is 31.2 Å². The number of hydrogen-bond acceptors (Lipinski definition) is 8. The molecule has 34 heavy (non-hydrogen) atoms. The van der Waals surface area contributed by atoms with Crippen molar-refractivity contribution in [2.45, 2.75) is 44.1 Å². The Labute approximate surface area is 204 Å². The number of aromatic nitrogens is 2. The van der Waals surface area contributed by atoms with Crippen LogP contribution in [0.3, 0.4) is 0 Å². The molecular formula is C24H30N4O4S2. The van der Waals surface area contributed by atoms with Gasteiger partial charge in [0.25, 0.3) is 0 Å². The van der Waals surface area contributed by atoms with Crippen molar-refractivity contribution in [3.63, 3.8) is 0 Å². The number of nitrogens with zero attached hydrogens (tertiary/aromatic N) is 3. The molecule has 1 N–H and O–H groups in total. The summed E-state index contributed by atoms with van der Waals surface area (Å²) in [7, 11) is -3.23. The summed E-state index contributed by atoms with van der Waals surface area (Å²) in [6.07, 6.45) is 4.32. The molecule has 1 fully saturated rings. The number of thiophene rings is 1. The van der Waals surface area contributed by atoms with Crippen LogP contribution in [0.15, 0.2) is 40.9 Å². The summed E-state index contributed by atoms with van der Waals surface area (Å²) in [6, 6.07) is 6.87. The number of carbonyl (C=O) groups is 1. The highest BCUT2D eigenvalue weighted by Crippen LogP contribution is 2.36. The van der Waals surface area contributed by atoms with Gasteiger partial charge in [-0.1, -0.05) is 12.1 Å². The van der Waals surface area contributed by atoms with Gasteiger partial charge in [-0.25, -0.2) is 23.2 Å². The SMILES string of the molecule is CC(C)(C)OC(=O)N1CCC(CNc2ncnc3c(-c4ccc(S(C)(=O)=O)cc4)csc23)CC1. The van der Waals surface area contributed by atoms with E-state index in [1.807, 2.05) is 38.3 Å². The van der Waals surface area contributed by atoms with Crippen LogP contribution in [-0.4, -0.2) is 60.9 Å². The maximum atomic E-state index is 12.3. The molecule has 1 amide bonds. The largest absolute Gasteiger partial charge is 0.444 e. The number of fused-ring (bicyclic) bond motifs is 1. The zero-order valence-corrected chi connectivity index (χ0v) is 21.5. The van der Waals surface area contributed by atoms with Gasteiger partial charge in [0.1, 0.15) is 17.7 Å². The van der Waals surface area contributed by atoms with E-state index in [-0.39, 0.29) is 6.09 Å². The molecule has 0 saturated carbocycles. The number of anilines is 1. The predicted molar refractivity (Wildman–Crippen MR) is 135 cm³/mol. The van der Waals surface area contributed by atoms with Gasteiger partial charge in [0.15, 0.2) is 9.84 Å². The normalized spacial score (nSPS) is 15.5. The lowest BCUT2D eigenvalue weighted by molar-refractivity contribution is 0.0188. The molecule has 0 bridgehead atoms. The average Bonchev–Trinajstić information content (AvgIpc) is 3.21. The highest BCUT2D eigenvalue weighted by Gasteiger charge is 2.27. The van der Waals surface area contributed by atoms with Gasteiger partial charge in [-0.05, 0) is 57.2 Å². The van der Waals surface area contributed by atoms with Crippen LogP contribution >= 0.6 is 11.3 Å². The summed E-state index contributed by atoms with van der Waals surface area (Å²) in [4.78, 5) is 23.3. The number of piperidine rings is 1. The quantitative estimate of drug-likeness (QED) is 0.534. The van der Waals surface area contributed by atoms with Gasteiger partial charge in [0.05, 0.1) is 15.1 Å². The Morgan fingerprint density at radius 3 is 2.47 bits per heavy atom. The van der Waals surface area contributed by atoms with Crippen molar-refractivity contribution < 1.29 is 17.9 Å². The molecule has 2 aromatic heterocycles. The van der Waals surface area contributed by atoms with Crippen LogP contribution in [0.1, 0.15) is 33.6 Å². The van der Waals surface area contributed by atoms with E-state index in [0.717, 1.165) is 46.5 Å². The Balaban J connectivity index is 1.41. The monoisotopic (exact) mass is 502 g/mol. The Morgan fingerprint density at radius 2 is 1.85 bits per heavy atom. The van der Waals surface area contributed by atoms with Crippen LogP contribution in [-0.2, 0) is 14.6 Å². The third-order valence-electron chi connectivity index (χ3n) is 5.77. The van der Waals surface area contributed by atoms with E-state index in [9.17, 15) is 13.2 Å². The lowest BCUT2D eigenvalue weighted by atomic mass is 9.97. The van der Waals surface area contributed by atoms with Gasteiger partial charge < -0.3 is 15.0 Å². The molecule has 1 aliphatic heterocycles. The van der Waals surface area contributed by atoms with Crippen LogP contribution in [0, 0.1) is 5.92 Å². The van der Waals surface area contributed by atoms with E-state index >= 15 is 0 Å². The molecular weight excluding hydrogens is 472 g/mol. The smallest absolute Gasteiger partial charge is 0.410 e. The van der Waals surface area contributed by atoms with Crippen molar-refractivity contribution in [2.24, 2.45) is 5.92 Å². The molecule has 0 atom stereocenters. The Bertz CT molecular complexity index is 1270. The minimum absolute atomic E-state index is 0.243. The highest BCUT2D eigenvalue weighted by molar-refractivity contribution is 7.90. The van der Waals surface area contributed by atoms with E-state index in [1.54, 1.807) is 34.7 Å². The van der Waals surface area contributed by atoms with Crippen LogP contribution in [0.5, 0.6) is 0 Å². The first kappa shape index (κ1) is 24.4. The second-order valence-corrected chi connectivity index (χ2v) is 12.5. The molecule has 1 aliphatic rings. The minimum Gasteiger partial charge on any atom is -0.444 e. The molecule has 10 heteroatoms. The van der Waals surface area contributed by atoms with Crippen LogP contribution in [0.4, 0.5) is 10.6 Å². The maximum Gasteiger partial charge on any atom is 0.410 e. The maximum absolute atomic E-state index is 12.3. The molecule has 0 aliphatic carbocycles. The molecule has 0 spiro atoms. The minimum atomic E-state index is -3.23.